The van der Waals surface area contributed by atoms with Gasteiger partial charge in [0.2, 0.25) is 5.91 Å². The summed E-state index contributed by atoms with van der Waals surface area (Å²) in [5.74, 6) is 1.00. The lowest BCUT2D eigenvalue weighted by atomic mass is 10.0. The lowest BCUT2D eigenvalue weighted by molar-refractivity contribution is -0.121. The molecule has 0 saturated carbocycles. The average molecular weight is 418 g/mol. The molecule has 1 amide bonds. The van der Waals surface area contributed by atoms with Gasteiger partial charge in [0.1, 0.15) is 5.75 Å². The van der Waals surface area contributed by atoms with Crippen LogP contribution in [0.15, 0.2) is 24.3 Å². The molecule has 1 atom stereocenters. The van der Waals surface area contributed by atoms with Crippen LogP contribution >= 0.6 is 0 Å². The first-order valence-electron chi connectivity index (χ1n) is 12.6. The van der Waals surface area contributed by atoms with E-state index in [1.807, 2.05) is 31.2 Å². The van der Waals surface area contributed by atoms with E-state index in [0.29, 0.717) is 6.42 Å². The Morgan fingerprint density at radius 2 is 1.20 bits per heavy atom. The Bertz CT molecular complexity index is 526. The molecule has 0 aliphatic heterocycles. The van der Waals surface area contributed by atoms with Crippen LogP contribution in [0, 0.1) is 0 Å². The van der Waals surface area contributed by atoms with Crippen LogP contribution in [0.2, 0.25) is 0 Å². The van der Waals surface area contributed by atoms with E-state index in [1.165, 1.54) is 89.9 Å². The molecule has 0 aliphatic carbocycles. The first-order chi connectivity index (χ1) is 14.7. The zero-order chi connectivity index (χ0) is 21.9. The monoisotopic (exact) mass is 417 g/mol. The van der Waals surface area contributed by atoms with Crippen LogP contribution in [0.4, 0.5) is 0 Å². The number of unbranched alkanes of at least 4 members (excludes halogenated alkanes) is 14. The van der Waals surface area contributed by atoms with Crippen LogP contribution in [-0.2, 0) is 4.79 Å². The molecule has 0 saturated heterocycles. The molecule has 1 aromatic carbocycles. The van der Waals surface area contributed by atoms with E-state index < -0.39 is 0 Å². The van der Waals surface area contributed by atoms with E-state index in [0.717, 1.165) is 17.7 Å². The largest absolute Gasteiger partial charge is 0.497 e. The van der Waals surface area contributed by atoms with E-state index in [-0.39, 0.29) is 11.9 Å². The van der Waals surface area contributed by atoms with Gasteiger partial charge in [0, 0.05) is 6.42 Å². The summed E-state index contributed by atoms with van der Waals surface area (Å²) in [7, 11) is 1.66. The Morgan fingerprint density at radius 1 is 0.767 bits per heavy atom. The van der Waals surface area contributed by atoms with Gasteiger partial charge in [0.15, 0.2) is 0 Å². The fraction of sp³-hybridized carbons (Fsp3) is 0.741. The fourth-order valence-corrected chi connectivity index (χ4v) is 3.95. The van der Waals surface area contributed by atoms with Crippen LogP contribution < -0.4 is 10.1 Å². The van der Waals surface area contributed by atoms with Gasteiger partial charge in [-0.05, 0) is 31.0 Å². The standard InChI is InChI=1S/C27H47NO2/c1-4-5-6-7-8-9-10-11-12-13-14-15-16-17-18-19-27(29)28-24(2)25-20-22-26(30-3)23-21-25/h20-24H,4-19H2,1-3H3,(H,28,29)/t24-/m0/s1. The maximum absolute atomic E-state index is 12.1. The van der Waals surface area contributed by atoms with Crippen molar-refractivity contribution in [2.24, 2.45) is 0 Å². The van der Waals surface area contributed by atoms with Gasteiger partial charge in [0.05, 0.1) is 13.2 Å². The normalized spacial score (nSPS) is 12.0. The summed E-state index contributed by atoms with van der Waals surface area (Å²) >= 11 is 0. The number of benzene rings is 1. The van der Waals surface area contributed by atoms with E-state index in [9.17, 15) is 4.79 Å². The second-order valence-corrected chi connectivity index (χ2v) is 8.76. The van der Waals surface area contributed by atoms with Crippen molar-refractivity contribution in [3.05, 3.63) is 29.8 Å². The predicted molar refractivity (Wildman–Crippen MR) is 129 cm³/mol. The smallest absolute Gasteiger partial charge is 0.220 e. The van der Waals surface area contributed by atoms with E-state index in [1.54, 1.807) is 7.11 Å². The topological polar surface area (TPSA) is 38.3 Å². The van der Waals surface area contributed by atoms with Crippen molar-refractivity contribution in [3.8, 4) is 5.75 Å². The second-order valence-electron chi connectivity index (χ2n) is 8.76. The van der Waals surface area contributed by atoms with Crippen LogP contribution in [0.3, 0.4) is 0 Å². The Labute approximate surface area is 186 Å². The highest BCUT2D eigenvalue weighted by atomic mass is 16.5. The van der Waals surface area contributed by atoms with Gasteiger partial charge in [-0.15, -0.1) is 0 Å². The first-order valence-corrected chi connectivity index (χ1v) is 12.6. The van der Waals surface area contributed by atoms with Gasteiger partial charge in [-0.3, -0.25) is 4.79 Å². The Morgan fingerprint density at radius 3 is 1.63 bits per heavy atom. The zero-order valence-electron chi connectivity index (χ0n) is 20.0. The SMILES string of the molecule is CCCCCCCCCCCCCCCCCC(=O)N[C@@H](C)c1ccc(OC)cc1. The molecule has 1 rings (SSSR count). The third-order valence-corrected chi connectivity index (χ3v) is 6.00. The van der Waals surface area contributed by atoms with Crippen molar-refractivity contribution < 1.29 is 9.53 Å². The molecule has 1 N–H and O–H groups in total. The number of carbonyl (C=O) groups is 1. The van der Waals surface area contributed by atoms with Crippen molar-refractivity contribution in [1.29, 1.82) is 0 Å². The molecule has 30 heavy (non-hydrogen) atoms. The molecule has 0 heterocycles. The average Bonchev–Trinajstić information content (AvgIpc) is 2.76. The van der Waals surface area contributed by atoms with Gasteiger partial charge in [0.25, 0.3) is 0 Å². The highest BCUT2D eigenvalue weighted by molar-refractivity contribution is 5.76. The van der Waals surface area contributed by atoms with Crippen molar-refractivity contribution >= 4 is 5.91 Å². The van der Waals surface area contributed by atoms with Crippen LogP contribution in [-0.4, -0.2) is 13.0 Å². The summed E-state index contributed by atoms with van der Waals surface area (Å²) in [5, 5.41) is 3.10. The minimum atomic E-state index is 0.0414. The minimum absolute atomic E-state index is 0.0414. The van der Waals surface area contributed by atoms with Crippen LogP contribution in [0.5, 0.6) is 5.75 Å². The zero-order valence-corrected chi connectivity index (χ0v) is 20.0. The van der Waals surface area contributed by atoms with Gasteiger partial charge >= 0.3 is 0 Å². The lowest BCUT2D eigenvalue weighted by Crippen LogP contribution is -2.26. The molecule has 0 spiro atoms. The summed E-state index contributed by atoms with van der Waals surface area (Å²) in [4.78, 5) is 12.1. The van der Waals surface area contributed by atoms with E-state index in [4.69, 9.17) is 4.74 Å². The molecule has 3 nitrogen and oxygen atoms in total. The Balaban J connectivity index is 1.89. The minimum Gasteiger partial charge on any atom is -0.497 e. The maximum Gasteiger partial charge on any atom is 0.220 e. The van der Waals surface area contributed by atoms with E-state index >= 15 is 0 Å². The molecule has 172 valence electrons. The summed E-state index contributed by atoms with van der Waals surface area (Å²) < 4.78 is 5.18. The number of hydrogen-bond donors (Lipinski definition) is 1. The third kappa shape index (κ3) is 13.7. The molecule has 0 radical (unpaired) electrons. The highest BCUT2D eigenvalue weighted by Gasteiger charge is 2.09. The number of nitrogens with one attached hydrogen (secondary N) is 1. The van der Waals surface area contributed by atoms with Crippen LogP contribution in [0.1, 0.15) is 128 Å². The van der Waals surface area contributed by atoms with Crippen molar-refractivity contribution in [1.82, 2.24) is 5.32 Å². The molecule has 0 bridgehead atoms. The molecule has 3 heteroatoms. The highest BCUT2D eigenvalue weighted by Crippen LogP contribution is 2.18. The Kier molecular flexibility index (Phi) is 16.2. The number of hydrogen-bond acceptors (Lipinski definition) is 2. The van der Waals surface area contributed by atoms with Crippen molar-refractivity contribution in [2.45, 2.75) is 123 Å². The van der Waals surface area contributed by atoms with Gasteiger partial charge < -0.3 is 10.1 Å². The number of amides is 1. The van der Waals surface area contributed by atoms with Crippen LogP contribution in [0.25, 0.3) is 0 Å². The molecular formula is C27H47NO2. The number of methoxy groups -OCH3 is 1. The molecule has 1 aromatic rings. The number of carbonyl (C=O) groups excluding carboxylic acids is 1. The van der Waals surface area contributed by atoms with Gasteiger partial charge in [-0.1, -0.05) is 109 Å². The summed E-state index contributed by atoms with van der Waals surface area (Å²) in [6.07, 6.45) is 20.9. The lowest BCUT2D eigenvalue weighted by Gasteiger charge is -2.14. The third-order valence-electron chi connectivity index (χ3n) is 6.00. The van der Waals surface area contributed by atoms with E-state index in [2.05, 4.69) is 12.2 Å². The van der Waals surface area contributed by atoms with Gasteiger partial charge in [-0.25, -0.2) is 0 Å². The number of ether oxygens (including phenoxy) is 1. The first kappa shape index (κ1) is 26.5. The molecule has 0 fully saturated rings. The summed E-state index contributed by atoms with van der Waals surface area (Å²) in [6, 6.07) is 7.94. The quantitative estimate of drug-likeness (QED) is 0.231. The van der Waals surface area contributed by atoms with Gasteiger partial charge in [-0.2, -0.15) is 0 Å². The Hall–Kier alpha value is -1.51. The molecular weight excluding hydrogens is 370 g/mol. The fourth-order valence-electron chi connectivity index (χ4n) is 3.95. The molecule has 0 aliphatic rings. The predicted octanol–water partition coefficient (Wildman–Crippen LogP) is 8.13. The van der Waals surface area contributed by atoms with Crippen molar-refractivity contribution in [2.75, 3.05) is 7.11 Å². The van der Waals surface area contributed by atoms with Crippen molar-refractivity contribution in [3.63, 3.8) is 0 Å². The molecule has 0 aromatic heterocycles. The summed E-state index contributed by atoms with van der Waals surface area (Å²) in [5.41, 5.74) is 1.11. The molecule has 0 unspecified atom stereocenters. The number of rotatable bonds is 19. The summed E-state index contributed by atoms with van der Waals surface area (Å²) in [6.45, 7) is 4.31. The maximum atomic E-state index is 12.1. The second kappa shape index (κ2) is 18.3.